The van der Waals surface area contributed by atoms with Crippen LogP contribution >= 0.6 is 24.0 Å². The van der Waals surface area contributed by atoms with E-state index in [0.29, 0.717) is 6.04 Å². The van der Waals surface area contributed by atoms with Crippen LogP contribution in [-0.2, 0) is 9.47 Å². The molecule has 0 spiro atoms. The highest BCUT2D eigenvalue weighted by Crippen LogP contribution is 2.51. The molecule has 26 heavy (non-hydrogen) atoms. The molecular weight excluding hydrogens is 443 g/mol. The SMILES string of the molecule is CCNC(=NCC1(N(C)C)CCOCC1)NC1CC(C)(OC)C1(C)C.I. The van der Waals surface area contributed by atoms with Gasteiger partial charge in [0.05, 0.1) is 12.1 Å². The number of methoxy groups -OCH3 is 1. The van der Waals surface area contributed by atoms with Crippen molar-refractivity contribution in [2.24, 2.45) is 10.4 Å². The van der Waals surface area contributed by atoms with Crippen LogP contribution in [0.15, 0.2) is 4.99 Å². The first kappa shape index (κ1) is 23.9. The molecule has 0 aromatic rings. The Morgan fingerprint density at radius 2 is 1.85 bits per heavy atom. The summed E-state index contributed by atoms with van der Waals surface area (Å²) in [6.07, 6.45) is 3.05. The molecular formula is C19H39IN4O2. The molecule has 0 aromatic carbocycles. The number of rotatable bonds is 6. The summed E-state index contributed by atoms with van der Waals surface area (Å²) >= 11 is 0. The summed E-state index contributed by atoms with van der Waals surface area (Å²) in [6, 6.07) is 0.361. The highest BCUT2D eigenvalue weighted by Gasteiger charge is 2.58. The Bertz CT molecular complexity index is 478. The van der Waals surface area contributed by atoms with Gasteiger partial charge in [0, 0.05) is 43.9 Å². The predicted molar refractivity (Wildman–Crippen MR) is 119 cm³/mol. The molecule has 7 heteroatoms. The first-order valence-electron chi connectivity index (χ1n) is 9.56. The van der Waals surface area contributed by atoms with E-state index < -0.39 is 0 Å². The van der Waals surface area contributed by atoms with Gasteiger partial charge >= 0.3 is 0 Å². The first-order valence-corrected chi connectivity index (χ1v) is 9.56. The third kappa shape index (κ3) is 4.64. The Morgan fingerprint density at radius 3 is 2.31 bits per heavy atom. The summed E-state index contributed by atoms with van der Waals surface area (Å²) in [7, 11) is 6.11. The lowest BCUT2D eigenvalue weighted by atomic mass is 9.56. The highest BCUT2D eigenvalue weighted by molar-refractivity contribution is 14.0. The number of halogens is 1. The fraction of sp³-hybridized carbons (Fsp3) is 0.947. The number of hydrogen-bond acceptors (Lipinski definition) is 4. The average Bonchev–Trinajstić information content (AvgIpc) is 2.59. The Hall–Kier alpha value is -0.120. The van der Waals surface area contributed by atoms with Gasteiger partial charge in [-0.15, -0.1) is 24.0 Å². The normalized spacial score (nSPS) is 30.3. The van der Waals surface area contributed by atoms with Gasteiger partial charge in [-0.3, -0.25) is 4.99 Å². The molecule has 1 saturated carbocycles. The van der Waals surface area contributed by atoms with Gasteiger partial charge < -0.3 is 25.0 Å². The van der Waals surface area contributed by atoms with Gasteiger partial charge in [-0.1, -0.05) is 13.8 Å². The molecule has 2 aliphatic rings. The van der Waals surface area contributed by atoms with E-state index >= 15 is 0 Å². The van der Waals surface area contributed by atoms with Crippen LogP contribution < -0.4 is 10.6 Å². The lowest BCUT2D eigenvalue weighted by molar-refractivity contribution is -0.176. The van der Waals surface area contributed by atoms with Gasteiger partial charge in [-0.05, 0) is 47.2 Å². The maximum Gasteiger partial charge on any atom is 0.191 e. The van der Waals surface area contributed by atoms with Crippen LogP contribution in [0.2, 0.25) is 0 Å². The summed E-state index contributed by atoms with van der Waals surface area (Å²) in [6.45, 7) is 12.1. The lowest BCUT2D eigenvalue weighted by Gasteiger charge is -2.59. The van der Waals surface area contributed by atoms with Crippen LogP contribution in [-0.4, -0.2) is 75.5 Å². The number of hydrogen-bond donors (Lipinski definition) is 2. The van der Waals surface area contributed by atoms with Crippen molar-refractivity contribution in [1.82, 2.24) is 15.5 Å². The van der Waals surface area contributed by atoms with Crippen molar-refractivity contribution in [2.75, 3.05) is 47.5 Å². The number of likely N-dealkylation sites (N-methyl/N-ethyl adjacent to an activating group) is 1. The first-order chi connectivity index (χ1) is 11.7. The van der Waals surface area contributed by atoms with E-state index in [0.717, 1.165) is 51.5 Å². The van der Waals surface area contributed by atoms with Crippen molar-refractivity contribution in [3.05, 3.63) is 0 Å². The maximum absolute atomic E-state index is 5.74. The third-order valence-corrected chi connectivity index (χ3v) is 6.84. The van der Waals surface area contributed by atoms with Crippen molar-refractivity contribution in [3.8, 4) is 0 Å². The van der Waals surface area contributed by atoms with Crippen molar-refractivity contribution in [1.29, 1.82) is 0 Å². The highest BCUT2D eigenvalue weighted by atomic mass is 127. The second kappa shape index (κ2) is 9.39. The summed E-state index contributed by atoms with van der Waals surface area (Å²) in [5, 5.41) is 7.05. The van der Waals surface area contributed by atoms with Crippen molar-refractivity contribution in [2.45, 2.75) is 64.1 Å². The molecule has 2 unspecified atom stereocenters. The van der Waals surface area contributed by atoms with Crippen LogP contribution in [0.5, 0.6) is 0 Å². The van der Waals surface area contributed by atoms with E-state index in [-0.39, 0.29) is 40.5 Å². The molecule has 2 atom stereocenters. The summed E-state index contributed by atoms with van der Waals surface area (Å²) in [5.74, 6) is 0.909. The zero-order valence-electron chi connectivity index (χ0n) is 17.6. The molecule has 0 bridgehead atoms. The molecule has 1 aliphatic heterocycles. The minimum absolute atomic E-state index is 0. The second-order valence-corrected chi connectivity index (χ2v) is 8.48. The van der Waals surface area contributed by atoms with Crippen molar-refractivity contribution >= 4 is 29.9 Å². The van der Waals surface area contributed by atoms with E-state index in [1.807, 2.05) is 7.11 Å². The van der Waals surface area contributed by atoms with E-state index in [1.165, 1.54) is 0 Å². The van der Waals surface area contributed by atoms with Gasteiger partial charge in [-0.2, -0.15) is 0 Å². The quantitative estimate of drug-likeness (QED) is 0.346. The van der Waals surface area contributed by atoms with Crippen LogP contribution in [0.3, 0.4) is 0 Å². The van der Waals surface area contributed by atoms with Crippen LogP contribution in [0.25, 0.3) is 0 Å². The second-order valence-electron chi connectivity index (χ2n) is 8.48. The van der Waals surface area contributed by atoms with Crippen molar-refractivity contribution in [3.63, 3.8) is 0 Å². The molecule has 2 fully saturated rings. The Labute approximate surface area is 176 Å². The number of ether oxygens (including phenoxy) is 2. The van der Waals surface area contributed by atoms with E-state index in [2.05, 4.69) is 57.3 Å². The minimum atomic E-state index is -0.0758. The average molecular weight is 482 g/mol. The lowest BCUT2D eigenvalue weighted by Crippen LogP contribution is -2.69. The topological polar surface area (TPSA) is 58.1 Å². The van der Waals surface area contributed by atoms with Crippen LogP contribution in [0, 0.1) is 5.41 Å². The molecule has 2 N–H and O–H groups in total. The van der Waals surface area contributed by atoms with Gasteiger partial charge in [0.15, 0.2) is 5.96 Å². The third-order valence-electron chi connectivity index (χ3n) is 6.84. The summed E-state index contributed by atoms with van der Waals surface area (Å²) in [5.41, 5.74) is 0.0835. The largest absolute Gasteiger partial charge is 0.381 e. The van der Waals surface area contributed by atoms with E-state index in [1.54, 1.807) is 0 Å². The summed E-state index contributed by atoms with van der Waals surface area (Å²) < 4.78 is 11.3. The van der Waals surface area contributed by atoms with Crippen LogP contribution in [0.4, 0.5) is 0 Å². The molecule has 2 rings (SSSR count). The monoisotopic (exact) mass is 482 g/mol. The van der Waals surface area contributed by atoms with E-state index in [4.69, 9.17) is 14.5 Å². The predicted octanol–water partition coefficient (Wildman–Crippen LogP) is 2.47. The number of nitrogens with one attached hydrogen (secondary N) is 2. The van der Waals surface area contributed by atoms with E-state index in [9.17, 15) is 0 Å². The Kier molecular flexibility index (Phi) is 8.63. The number of nitrogens with zero attached hydrogens (tertiary/aromatic N) is 2. The number of aliphatic imine (C=N–C) groups is 1. The molecule has 1 saturated heterocycles. The Balaban J connectivity index is 0.00000338. The molecule has 154 valence electrons. The molecule has 1 aliphatic carbocycles. The van der Waals surface area contributed by atoms with Gasteiger partial charge in [0.25, 0.3) is 0 Å². The molecule has 0 radical (unpaired) electrons. The maximum atomic E-state index is 5.74. The molecule has 6 nitrogen and oxygen atoms in total. The fourth-order valence-electron chi connectivity index (χ4n) is 3.93. The standard InChI is InChI=1S/C19H38N4O2.HI/c1-8-20-16(22-15-13-18(4,24-7)17(15,2)3)21-14-19(23(5)6)9-11-25-12-10-19;/h15H,8-14H2,1-7H3,(H2,20,21,22);1H. The smallest absolute Gasteiger partial charge is 0.191 e. The zero-order valence-corrected chi connectivity index (χ0v) is 20.0. The molecule has 1 heterocycles. The van der Waals surface area contributed by atoms with Crippen molar-refractivity contribution < 1.29 is 9.47 Å². The van der Waals surface area contributed by atoms with Gasteiger partial charge in [0.2, 0.25) is 0 Å². The zero-order chi connectivity index (χ0) is 18.7. The van der Waals surface area contributed by atoms with Gasteiger partial charge in [-0.25, -0.2) is 0 Å². The van der Waals surface area contributed by atoms with Gasteiger partial charge in [0.1, 0.15) is 0 Å². The molecule has 0 amide bonds. The fourth-order valence-corrected chi connectivity index (χ4v) is 3.93. The number of guanidine groups is 1. The Morgan fingerprint density at radius 1 is 1.23 bits per heavy atom. The summed E-state index contributed by atoms with van der Waals surface area (Å²) in [4.78, 5) is 7.27. The van der Waals surface area contributed by atoms with Crippen LogP contribution in [0.1, 0.15) is 47.0 Å². The minimum Gasteiger partial charge on any atom is -0.381 e. The molecule has 0 aromatic heterocycles.